The summed E-state index contributed by atoms with van der Waals surface area (Å²) in [6.45, 7) is 3.78. The fourth-order valence-corrected chi connectivity index (χ4v) is 2.34. The summed E-state index contributed by atoms with van der Waals surface area (Å²) < 4.78 is 7.46. The maximum absolute atomic E-state index is 11.7. The van der Waals surface area contributed by atoms with Gasteiger partial charge in [-0.2, -0.15) is 0 Å². The van der Waals surface area contributed by atoms with Gasteiger partial charge in [0.1, 0.15) is 0 Å². The molecule has 1 aromatic carbocycles. The predicted molar refractivity (Wildman–Crippen MR) is 80.1 cm³/mol. The van der Waals surface area contributed by atoms with Crippen LogP contribution in [0.2, 0.25) is 0 Å². The first-order valence-corrected chi connectivity index (χ1v) is 7.19. The van der Waals surface area contributed by atoms with E-state index in [1.54, 1.807) is 0 Å². The van der Waals surface area contributed by atoms with E-state index in [9.17, 15) is 4.79 Å². The number of fused-ring (bicyclic) bond motifs is 1. The molecule has 0 saturated heterocycles. The maximum Gasteiger partial charge on any atom is 0.275 e. The standard InChI is InChI=1S/C14H19N3O2S/c1-3-8-15-13(18)9-16(2)10-17-11-6-4-5-7-12(11)19-14(17)20/h4-7H,3,8-10H2,1-2H3,(H,15,18)/p+1. The Kier molecular flexibility index (Phi) is 4.92. The number of amides is 1. The quantitative estimate of drug-likeness (QED) is 0.780. The SMILES string of the molecule is CCCNC(=O)C[NH+](C)Cn1c(=S)oc2ccccc21. The van der Waals surface area contributed by atoms with Crippen molar-refractivity contribution in [2.45, 2.75) is 20.0 Å². The van der Waals surface area contributed by atoms with Gasteiger partial charge in [0.2, 0.25) is 0 Å². The molecule has 0 spiro atoms. The normalized spacial score (nSPS) is 12.5. The fraction of sp³-hybridized carbons (Fsp3) is 0.429. The molecule has 20 heavy (non-hydrogen) atoms. The highest BCUT2D eigenvalue weighted by atomic mass is 32.1. The molecular weight excluding hydrogens is 274 g/mol. The molecular formula is C14H20N3O2S+. The summed E-state index contributed by atoms with van der Waals surface area (Å²) >= 11 is 5.24. The molecule has 0 saturated carbocycles. The van der Waals surface area contributed by atoms with Crippen LogP contribution in [0.15, 0.2) is 28.7 Å². The van der Waals surface area contributed by atoms with E-state index in [-0.39, 0.29) is 5.91 Å². The van der Waals surface area contributed by atoms with Crippen LogP contribution in [0.4, 0.5) is 0 Å². The lowest BCUT2D eigenvalue weighted by Crippen LogP contribution is -3.09. The smallest absolute Gasteiger partial charge is 0.275 e. The largest absolute Gasteiger partial charge is 0.429 e. The van der Waals surface area contributed by atoms with E-state index < -0.39 is 0 Å². The van der Waals surface area contributed by atoms with Crippen molar-refractivity contribution in [3.05, 3.63) is 29.1 Å². The van der Waals surface area contributed by atoms with Crippen molar-refractivity contribution in [2.75, 3.05) is 20.1 Å². The van der Waals surface area contributed by atoms with E-state index in [1.165, 1.54) is 0 Å². The third-order valence-electron chi connectivity index (χ3n) is 3.04. The Bertz CT molecular complexity index is 647. The summed E-state index contributed by atoms with van der Waals surface area (Å²) in [5.41, 5.74) is 1.74. The molecule has 2 rings (SSSR count). The molecule has 0 fully saturated rings. The Morgan fingerprint density at radius 1 is 1.45 bits per heavy atom. The molecule has 0 aliphatic carbocycles. The van der Waals surface area contributed by atoms with Crippen LogP contribution in [-0.2, 0) is 11.5 Å². The molecule has 0 aliphatic rings. The summed E-state index contributed by atoms with van der Waals surface area (Å²) in [7, 11) is 1.97. The molecule has 1 atom stereocenters. The number of likely N-dealkylation sites (N-methyl/N-ethyl adjacent to an activating group) is 1. The van der Waals surface area contributed by atoms with E-state index in [1.807, 2.05) is 42.8 Å². The number of nitrogens with one attached hydrogen (secondary N) is 2. The van der Waals surface area contributed by atoms with Gasteiger partial charge in [0.15, 0.2) is 18.8 Å². The zero-order valence-corrected chi connectivity index (χ0v) is 12.6. The van der Waals surface area contributed by atoms with Crippen LogP contribution in [0.5, 0.6) is 0 Å². The van der Waals surface area contributed by atoms with E-state index in [4.69, 9.17) is 16.6 Å². The highest BCUT2D eigenvalue weighted by Crippen LogP contribution is 2.15. The molecule has 1 heterocycles. The fourth-order valence-electron chi connectivity index (χ4n) is 2.09. The molecule has 1 unspecified atom stereocenters. The summed E-state index contributed by atoms with van der Waals surface area (Å²) in [6.07, 6.45) is 0.947. The zero-order chi connectivity index (χ0) is 14.5. The minimum atomic E-state index is 0.0590. The Morgan fingerprint density at radius 3 is 2.95 bits per heavy atom. The number of carbonyl (C=O) groups is 1. The molecule has 0 bridgehead atoms. The van der Waals surface area contributed by atoms with Crippen LogP contribution in [-0.4, -0.2) is 30.6 Å². The van der Waals surface area contributed by atoms with Gasteiger partial charge in [-0.05, 0) is 30.8 Å². The number of aromatic nitrogens is 1. The topological polar surface area (TPSA) is 51.6 Å². The number of oxazole rings is 1. The van der Waals surface area contributed by atoms with Crippen LogP contribution in [0.3, 0.4) is 0 Å². The van der Waals surface area contributed by atoms with Gasteiger partial charge in [-0.1, -0.05) is 19.1 Å². The number of benzene rings is 1. The number of rotatable bonds is 6. The Hall–Kier alpha value is -1.66. The third-order valence-corrected chi connectivity index (χ3v) is 3.34. The van der Waals surface area contributed by atoms with Crippen molar-refractivity contribution in [3.8, 4) is 0 Å². The van der Waals surface area contributed by atoms with Crippen molar-refractivity contribution < 1.29 is 14.1 Å². The molecule has 5 nitrogen and oxygen atoms in total. The number of hydrogen-bond acceptors (Lipinski definition) is 3. The summed E-state index contributed by atoms with van der Waals surface area (Å²) in [6, 6.07) is 7.73. The zero-order valence-electron chi connectivity index (χ0n) is 11.8. The van der Waals surface area contributed by atoms with Crippen LogP contribution >= 0.6 is 12.2 Å². The van der Waals surface area contributed by atoms with Gasteiger partial charge in [0.05, 0.1) is 12.6 Å². The molecule has 2 N–H and O–H groups in total. The Morgan fingerprint density at radius 2 is 2.20 bits per heavy atom. The molecule has 0 aliphatic heterocycles. The minimum absolute atomic E-state index is 0.0590. The molecule has 0 radical (unpaired) electrons. The first kappa shape index (κ1) is 14.7. The van der Waals surface area contributed by atoms with Crippen LogP contribution < -0.4 is 10.2 Å². The van der Waals surface area contributed by atoms with Crippen molar-refractivity contribution in [1.82, 2.24) is 9.88 Å². The van der Waals surface area contributed by atoms with E-state index in [0.717, 1.165) is 29.0 Å². The second kappa shape index (κ2) is 6.67. The number of carbonyl (C=O) groups excluding carboxylic acids is 1. The molecule has 108 valence electrons. The lowest BCUT2D eigenvalue weighted by atomic mass is 10.3. The first-order valence-electron chi connectivity index (χ1n) is 6.78. The highest BCUT2D eigenvalue weighted by Gasteiger charge is 2.13. The lowest BCUT2D eigenvalue weighted by Gasteiger charge is -2.14. The second-order valence-electron chi connectivity index (χ2n) is 4.91. The second-order valence-corrected chi connectivity index (χ2v) is 5.25. The third kappa shape index (κ3) is 3.46. The van der Waals surface area contributed by atoms with E-state index in [2.05, 4.69) is 5.32 Å². The van der Waals surface area contributed by atoms with E-state index in [0.29, 0.717) is 18.1 Å². The van der Waals surface area contributed by atoms with Crippen molar-refractivity contribution in [2.24, 2.45) is 0 Å². The van der Waals surface area contributed by atoms with Gasteiger partial charge in [0, 0.05) is 6.54 Å². The Balaban J connectivity index is 2.06. The lowest BCUT2D eigenvalue weighted by molar-refractivity contribution is -0.894. The van der Waals surface area contributed by atoms with E-state index >= 15 is 0 Å². The van der Waals surface area contributed by atoms with Gasteiger partial charge in [-0.15, -0.1) is 0 Å². The number of nitrogens with zero attached hydrogens (tertiary/aromatic N) is 1. The van der Waals surface area contributed by atoms with Crippen molar-refractivity contribution in [1.29, 1.82) is 0 Å². The monoisotopic (exact) mass is 294 g/mol. The Labute approximate surface area is 123 Å². The predicted octanol–water partition coefficient (Wildman–Crippen LogP) is 0.962. The molecule has 1 aromatic heterocycles. The van der Waals surface area contributed by atoms with Crippen LogP contribution in [0.1, 0.15) is 13.3 Å². The maximum atomic E-state index is 11.7. The average molecular weight is 294 g/mol. The van der Waals surface area contributed by atoms with Crippen molar-refractivity contribution in [3.63, 3.8) is 0 Å². The first-order chi connectivity index (χ1) is 9.61. The van der Waals surface area contributed by atoms with Crippen LogP contribution in [0.25, 0.3) is 11.1 Å². The average Bonchev–Trinajstić information content (AvgIpc) is 2.73. The van der Waals surface area contributed by atoms with Gasteiger partial charge in [-0.3, -0.25) is 9.36 Å². The summed E-state index contributed by atoms with van der Waals surface area (Å²) in [4.78, 5) is 13.2. The van der Waals surface area contributed by atoms with Crippen molar-refractivity contribution >= 4 is 29.2 Å². The molecule has 1 amide bonds. The van der Waals surface area contributed by atoms with Gasteiger partial charge in [-0.25, -0.2) is 0 Å². The van der Waals surface area contributed by atoms with Gasteiger partial charge >= 0.3 is 0 Å². The summed E-state index contributed by atoms with van der Waals surface area (Å²) in [5.74, 6) is 0.0590. The molecule has 6 heteroatoms. The number of hydrogen-bond donors (Lipinski definition) is 2. The van der Waals surface area contributed by atoms with Gasteiger partial charge in [0.25, 0.3) is 10.7 Å². The van der Waals surface area contributed by atoms with Crippen LogP contribution in [0, 0.1) is 4.84 Å². The minimum Gasteiger partial charge on any atom is -0.429 e. The number of para-hydroxylation sites is 2. The highest BCUT2D eigenvalue weighted by molar-refractivity contribution is 7.71. The summed E-state index contributed by atoms with van der Waals surface area (Å²) in [5, 5.41) is 2.88. The van der Waals surface area contributed by atoms with Gasteiger partial charge < -0.3 is 14.6 Å². The number of quaternary nitrogens is 1. The molecule has 2 aromatic rings.